The Bertz CT molecular complexity index is 601. The number of halogens is 2. The number of carbonyl (C=O) groups excluding carboxylic acids is 1. The van der Waals surface area contributed by atoms with Crippen LogP contribution in [-0.4, -0.2) is 15.2 Å². The van der Waals surface area contributed by atoms with Crippen LogP contribution in [0.2, 0.25) is 0 Å². The van der Waals surface area contributed by atoms with E-state index in [1.165, 1.54) is 4.90 Å². The van der Waals surface area contributed by atoms with E-state index in [1.54, 1.807) is 18.3 Å². The van der Waals surface area contributed by atoms with Crippen molar-refractivity contribution in [3.05, 3.63) is 60.3 Å². The van der Waals surface area contributed by atoms with Crippen LogP contribution < -0.4 is 4.90 Å². The molecule has 1 saturated heterocycles. The van der Waals surface area contributed by atoms with E-state index in [0.29, 0.717) is 5.82 Å². The van der Waals surface area contributed by atoms with E-state index in [9.17, 15) is 4.79 Å². The Morgan fingerprint density at radius 2 is 1.74 bits per heavy atom. The highest BCUT2D eigenvalue weighted by molar-refractivity contribution is 6.62. The normalized spacial score (nSPS) is 21.1. The van der Waals surface area contributed by atoms with E-state index in [0.717, 1.165) is 5.56 Å². The van der Waals surface area contributed by atoms with Crippen LogP contribution >= 0.6 is 23.2 Å². The lowest BCUT2D eigenvalue weighted by Crippen LogP contribution is -2.63. The first-order chi connectivity index (χ1) is 9.12. The number of nitrogens with zero attached hydrogens (tertiary/aromatic N) is 2. The highest BCUT2D eigenvalue weighted by atomic mass is 35.5. The van der Waals surface area contributed by atoms with Gasteiger partial charge < -0.3 is 0 Å². The largest absolute Gasteiger partial charge is 0.283 e. The van der Waals surface area contributed by atoms with E-state index >= 15 is 0 Å². The Balaban J connectivity index is 2.03. The third-order valence-corrected chi connectivity index (χ3v) is 3.85. The van der Waals surface area contributed by atoms with Crippen LogP contribution in [0.1, 0.15) is 11.6 Å². The first kappa shape index (κ1) is 12.5. The molecule has 0 N–H and O–H groups in total. The summed E-state index contributed by atoms with van der Waals surface area (Å²) >= 11 is 12.3. The summed E-state index contributed by atoms with van der Waals surface area (Å²) in [6.07, 6.45) is 1.63. The molecule has 0 radical (unpaired) electrons. The average molecular weight is 293 g/mol. The van der Waals surface area contributed by atoms with Gasteiger partial charge in [0.2, 0.25) is 4.33 Å². The summed E-state index contributed by atoms with van der Waals surface area (Å²) in [5, 5.41) is 0. The molecule has 1 aliphatic heterocycles. The van der Waals surface area contributed by atoms with Crippen molar-refractivity contribution in [3.63, 3.8) is 0 Å². The molecule has 0 spiro atoms. The molecule has 3 rings (SSSR count). The van der Waals surface area contributed by atoms with E-state index in [4.69, 9.17) is 23.2 Å². The first-order valence-electron chi connectivity index (χ1n) is 5.80. The summed E-state index contributed by atoms with van der Waals surface area (Å²) in [4.78, 5) is 17.8. The zero-order valence-corrected chi connectivity index (χ0v) is 11.3. The number of anilines is 1. The van der Waals surface area contributed by atoms with Crippen LogP contribution in [0, 0.1) is 0 Å². The number of rotatable bonds is 2. The van der Waals surface area contributed by atoms with Gasteiger partial charge in [0.25, 0.3) is 5.91 Å². The number of pyridine rings is 1. The minimum Gasteiger partial charge on any atom is -0.283 e. The van der Waals surface area contributed by atoms with Crippen LogP contribution in [0.15, 0.2) is 54.7 Å². The fourth-order valence-corrected chi connectivity index (χ4v) is 2.85. The molecule has 0 saturated carbocycles. The number of amides is 1. The quantitative estimate of drug-likeness (QED) is 0.628. The SMILES string of the molecule is O=C1N(c2ccccn2)C(c2ccccc2)C1(Cl)Cl. The second kappa shape index (κ2) is 4.51. The Morgan fingerprint density at radius 1 is 1.05 bits per heavy atom. The Hall–Kier alpha value is -1.58. The number of aromatic nitrogens is 1. The number of carbonyl (C=O) groups is 1. The van der Waals surface area contributed by atoms with Crippen LogP contribution in [0.25, 0.3) is 0 Å². The lowest BCUT2D eigenvalue weighted by molar-refractivity contribution is -0.125. The Labute approximate surface area is 120 Å². The van der Waals surface area contributed by atoms with E-state index < -0.39 is 10.4 Å². The predicted octanol–water partition coefficient (Wildman–Crippen LogP) is 3.34. The van der Waals surface area contributed by atoms with Crippen molar-refractivity contribution in [2.45, 2.75) is 10.4 Å². The third kappa shape index (κ3) is 1.90. The fourth-order valence-electron chi connectivity index (χ4n) is 2.22. The Morgan fingerprint density at radius 3 is 2.37 bits per heavy atom. The zero-order chi connectivity index (χ0) is 13.5. The van der Waals surface area contributed by atoms with Crippen LogP contribution in [0.3, 0.4) is 0 Å². The summed E-state index contributed by atoms with van der Waals surface area (Å²) in [5.74, 6) is 0.210. The van der Waals surface area contributed by atoms with Gasteiger partial charge in [0.05, 0.1) is 0 Å². The number of alkyl halides is 2. The molecule has 2 heterocycles. The molecule has 96 valence electrons. The molecule has 3 nitrogen and oxygen atoms in total. The molecule has 1 amide bonds. The predicted molar refractivity (Wildman–Crippen MR) is 75.3 cm³/mol. The molecule has 1 aliphatic rings. The molecule has 1 unspecified atom stereocenters. The molecular weight excluding hydrogens is 283 g/mol. The van der Waals surface area contributed by atoms with Crippen molar-refractivity contribution in [2.24, 2.45) is 0 Å². The number of hydrogen-bond acceptors (Lipinski definition) is 2. The monoisotopic (exact) mass is 292 g/mol. The fraction of sp³-hybridized carbons (Fsp3) is 0.143. The van der Waals surface area contributed by atoms with Crippen molar-refractivity contribution >= 4 is 34.9 Å². The molecule has 0 bridgehead atoms. The minimum absolute atomic E-state index is 0.344. The summed E-state index contributed by atoms with van der Waals surface area (Å²) in [5.41, 5.74) is 0.887. The molecule has 1 atom stereocenters. The maximum atomic E-state index is 12.1. The smallest absolute Gasteiger partial charge is 0.267 e. The maximum absolute atomic E-state index is 12.1. The van der Waals surface area contributed by atoms with Gasteiger partial charge in [0, 0.05) is 6.20 Å². The van der Waals surface area contributed by atoms with Gasteiger partial charge in [-0.1, -0.05) is 59.6 Å². The van der Waals surface area contributed by atoms with Crippen molar-refractivity contribution < 1.29 is 4.79 Å². The van der Waals surface area contributed by atoms with Gasteiger partial charge in [-0.05, 0) is 17.7 Å². The molecule has 1 aromatic carbocycles. The lowest BCUT2D eigenvalue weighted by Gasteiger charge is -2.48. The molecule has 0 aliphatic carbocycles. The number of hydrogen-bond donors (Lipinski definition) is 0. The molecular formula is C14H10Cl2N2O. The van der Waals surface area contributed by atoms with Crippen LogP contribution in [0.4, 0.5) is 5.82 Å². The standard InChI is InChI=1S/C14H10Cl2N2O/c15-14(16)12(10-6-2-1-3-7-10)18(13(14)19)11-8-4-5-9-17-11/h1-9,12H. The maximum Gasteiger partial charge on any atom is 0.267 e. The highest BCUT2D eigenvalue weighted by Gasteiger charge is 2.60. The third-order valence-electron chi connectivity index (χ3n) is 3.12. The highest BCUT2D eigenvalue weighted by Crippen LogP contribution is 2.52. The molecule has 1 fully saturated rings. The Kier molecular flexibility index (Phi) is 2.96. The van der Waals surface area contributed by atoms with Gasteiger partial charge in [-0.15, -0.1) is 0 Å². The zero-order valence-electron chi connectivity index (χ0n) is 9.83. The van der Waals surface area contributed by atoms with E-state index in [1.807, 2.05) is 36.4 Å². The minimum atomic E-state index is -1.43. The second-order valence-electron chi connectivity index (χ2n) is 4.30. The summed E-state index contributed by atoms with van der Waals surface area (Å²) in [7, 11) is 0. The molecule has 2 aromatic rings. The van der Waals surface area contributed by atoms with Crippen molar-refractivity contribution in [1.29, 1.82) is 0 Å². The molecule has 19 heavy (non-hydrogen) atoms. The van der Waals surface area contributed by atoms with Crippen molar-refractivity contribution in [3.8, 4) is 0 Å². The second-order valence-corrected chi connectivity index (χ2v) is 5.69. The van der Waals surface area contributed by atoms with Crippen LogP contribution in [-0.2, 0) is 4.79 Å². The molecule has 1 aromatic heterocycles. The molecule has 5 heteroatoms. The van der Waals surface area contributed by atoms with Crippen molar-refractivity contribution in [2.75, 3.05) is 4.90 Å². The van der Waals surface area contributed by atoms with E-state index in [-0.39, 0.29) is 5.91 Å². The topological polar surface area (TPSA) is 33.2 Å². The van der Waals surface area contributed by atoms with Gasteiger partial charge in [-0.25, -0.2) is 4.98 Å². The van der Waals surface area contributed by atoms with Gasteiger partial charge in [-0.2, -0.15) is 0 Å². The first-order valence-corrected chi connectivity index (χ1v) is 6.55. The van der Waals surface area contributed by atoms with Crippen LogP contribution in [0.5, 0.6) is 0 Å². The summed E-state index contributed by atoms with van der Waals surface area (Å²) in [6.45, 7) is 0. The van der Waals surface area contributed by atoms with Gasteiger partial charge in [-0.3, -0.25) is 9.69 Å². The summed E-state index contributed by atoms with van der Waals surface area (Å²) < 4.78 is -1.43. The van der Waals surface area contributed by atoms with Crippen molar-refractivity contribution in [1.82, 2.24) is 4.98 Å². The average Bonchev–Trinajstić information content (AvgIpc) is 2.45. The number of benzene rings is 1. The summed E-state index contributed by atoms with van der Waals surface area (Å²) in [6, 6.07) is 14.4. The van der Waals surface area contributed by atoms with Gasteiger partial charge >= 0.3 is 0 Å². The van der Waals surface area contributed by atoms with Gasteiger partial charge in [0.1, 0.15) is 11.9 Å². The lowest BCUT2D eigenvalue weighted by atomic mass is 9.92. The van der Waals surface area contributed by atoms with Gasteiger partial charge in [0.15, 0.2) is 0 Å². The van der Waals surface area contributed by atoms with E-state index in [2.05, 4.69) is 4.98 Å². The number of β-lactam (4-membered cyclic amide) rings is 1.